The minimum atomic E-state index is -0.489. The van der Waals surface area contributed by atoms with E-state index in [2.05, 4.69) is 15.9 Å². The lowest BCUT2D eigenvalue weighted by molar-refractivity contribution is 0.0737. The first-order valence-electron chi connectivity index (χ1n) is 9.78. The monoisotopic (exact) mass is 486 g/mol. The van der Waals surface area contributed by atoms with Crippen molar-refractivity contribution in [1.29, 1.82) is 0 Å². The van der Waals surface area contributed by atoms with E-state index >= 15 is 0 Å². The van der Waals surface area contributed by atoms with Crippen LogP contribution in [0.4, 0.5) is 0 Å². The van der Waals surface area contributed by atoms with Crippen molar-refractivity contribution in [3.8, 4) is 17.2 Å². The molecular formula is C26H15BrO5. The van der Waals surface area contributed by atoms with Crippen molar-refractivity contribution in [1.82, 2.24) is 0 Å². The lowest BCUT2D eigenvalue weighted by Gasteiger charge is -2.09. The van der Waals surface area contributed by atoms with Crippen LogP contribution >= 0.6 is 15.9 Å². The first kappa shape index (κ1) is 20.0. The van der Waals surface area contributed by atoms with E-state index in [-0.39, 0.29) is 22.5 Å². The fourth-order valence-electron chi connectivity index (χ4n) is 3.44. The minimum Gasteiger partial charge on any atom is -0.460 e. The maximum atomic E-state index is 12.8. The maximum Gasteiger partial charge on any atom is 0.344 e. The summed E-state index contributed by atoms with van der Waals surface area (Å²) in [6.07, 6.45) is 1.25. The van der Waals surface area contributed by atoms with E-state index in [4.69, 9.17) is 13.9 Å². The molecule has 1 heterocycles. The van der Waals surface area contributed by atoms with Crippen molar-refractivity contribution in [3.05, 3.63) is 111 Å². The summed E-state index contributed by atoms with van der Waals surface area (Å²) in [4.78, 5) is 25.6. The Morgan fingerprint density at radius 2 is 1.59 bits per heavy atom. The van der Waals surface area contributed by atoms with Gasteiger partial charge < -0.3 is 13.9 Å². The largest absolute Gasteiger partial charge is 0.460 e. The molecule has 0 spiro atoms. The first-order valence-corrected chi connectivity index (χ1v) is 10.6. The quantitative estimate of drug-likeness (QED) is 0.208. The Morgan fingerprint density at radius 3 is 2.47 bits per heavy atom. The molecule has 6 heteroatoms. The molecule has 0 radical (unpaired) electrons. The van der Waals surface area contributed by atoms with Gasteiger partial charge in [-0.3, -0.25) is 4.79 Å². The topological polar surface area (TPSA) is 65.7 Å². The second-order valence-electron chi connectivity index (χ2n) is 7.04. The van der Waals surface area contributed by atoms with E-state index < -0.39 is 5.97 Å². The summed E-state index contributed by atoms with van der Waals surface area (Å²) in [7, 11) is 0. The van der Waals surface area contributed by atoms with Gasteiger partial charge in [0.25, 0.3) is 0 Å². The van der Waals surface area contributed by atoms with Crippen LogP contribution in [0.2, 0.25) is 0 Å². The average molecular weight is 487 g/mol. The van der Waals surface area contributed by atoms with Crippen LogP contribution in [-0.4, -0.2) is 5.97 Å². The molecule has 0 fully saturated rings. The lowest BCUT2D eigenvalue weighted by Crippen LogP contribution is -2.09. The van der Waals surface area contributed by atoms with Gasteiger partial charge in [-0.1, -0.05) is 48.5 Å². The zero-order chi connectivity index (χ0) is 22.1. The number of halogens is 1. The van der Waals surface area contributed by atoms with Gasteiger partial charge >= 0.3 is 5.97 Å². The van der Waals surface area contributed by atoms with Crippen LogP contribution in [0.25, 0.3) is 21.7 Å². The fourth-order valence-corrected chi connectivity index (χ4v) is 3.80. The van der Waals surface area contributed by atoms with Crippen LogP contribution in [0.1, 0.15) is 10.4 Å². The Balaban J connectivity index is 1.44. The number of hydrogen-bond donors (Lipinski definition) is 0. The molecule has 0 atom stereocenters. The van der Waals surface area contributed by atoms with Crippen molar-refractivity contribution in [2.45, 2.75) is 0 Å². The van der Waals surface area contributed by atoms with E-state index in [0.717, 1.165) is 15.2 Å². The van der Waals surface area contributed by atoms with Crippen molar-refractivity contribution >= 4 is 43.6 Å². The van der Waals surface area contributed by atoms with Crippen LogP contribution in [0.15, 0.2) is 105 Å². The number of ether oxygens (including phenoxy) is 2. The highest BCUT2D eigenvalue weighted by molar-refractivity contribution is 9.10. The molecule has 156 valence electrons. The molecule has 5 aromatic rings. The Bertz CT molecular complexity index is 1530. The molecule has 0 saturated heterocycles. The van der Waals surface area contributed by atoms with E-state index in [1.54, 1.807) is 30.3 Å². The van der Waals surface area contributed by atoms with Crippen LogP contribution in [-0.2, 0) is 0 Å². The number of fused-ring (bicyclic) bond motifs is 2. The summed E-state index contributed by atoms with van der Waals surface area (Å²) in [5.74, 6) is 0.347. The molecular weight excluding hydrogens is 472 g/mol. The standard InChI is InChI=1S/C26H15BrO5/c27-21-10-3-4-11-22(21)32-24-15-30-23-14-17(12-13-20(23)25(24)28)31-26(29)19-9-5-7-16-6-1-2-8-18(16)19/h1-15H. The van der Waals surface area contributed by atoms with Gasteiger partial charge in [-0.2, -0.15) is 0 Å². The summed E-state index contributed by atoms with van der Waals surface area (Å²) < 4.78 is 17.6. The van der Waals surface area contributed by atoms with Crippen LogP contribution in [0.5, 0.6) is 17.2 Å². The van der Waals surface area contributed by atoms with Gasteiger partial charge in [0.2, 0.25) is 11.2 Å². The van der Waals surface area contributed by atoms with Gasteiger partial charge in [0.1, 0.15) is 23.3 Å². The molecule has 0 amide bonds. The zero-order valence-electron chi connectivity index (χ0n) is 16.6. The third-order valence-electron chi connectivity index (χ3n) is 4.99. The number of hydrogen-bond acceptors (Lipinski definition) is 5. The fraction of sp³-hybridized carbons (Fsp3) is 0. The maximum absolute atomic E-state index is 12.8. The summed E-state index contributed by atoms with van der Waals surface area (Å²) >= 11 is 3.39. The smallest absolute Gasteiger partial charge is 0.344 e. The third kappa shape index (κ3) is 3.76. The molecule has 0 saturated carbocycles. The summed E-state index contributed by atoms with van der Waals surface area (Å²) in [5.41, 5.74) is 0.425. The summed E-state index contributed by atoms with van der Waals surface area (Å²) in [6, 6.07) is 24.9. The minimum absolute atomic E-state index is 0.0601. The number of para-hydroxylation sites is 1. The number of carbonyl (C=O) groups excluding carboxylic acids is 1. The summed E-state index contributed by atoms with van der Waals surface area (Å²) in [5, 5.41) is 2.07. The number of benzene rings is 4. The second kappa shape index (κ2) is 8.32. The molecule has 0 aliphatic rings. The Labute approximate surface area is 190 Å². The average Bonchev–Trinajstić information content (AvgIpc) is 2.82. The highest BCUT2D eigenvalue weighted by Crippen LogP contribution is 2.29. The van der Waals surface area contributed by atoms with Crippen molar-refractivity contribution in [2.24, 2.45) is 0 Å². The first-order chi connectivity index (χ1) is 15.6. The van der Waals surface area contributed by atoms with Gasteiger partial charge in [-0.15, -0.1) is 0 Å². The van der Waals surface area contributed by atoms with Gasteiger partial charge in [-0.05, 0) is 57.0 Å². The van der Waals surface area contributed by atoms with E-state index in [1.165, 1.54) is 12.3 Å². The molecule has 0 N–H and O–H groups in total. The summed E-state index contributed by atoms with van der Waals surface area (Å²) in [6.45, 7) is 0. The highest BCUT2D eigenvalue weighted by atomic mass is 79.9. The third-order valence-corrected chi connectivity index (χ3v) is 5.65. The van der Waals surface area contributed by atoms with Crippen LogP contribution in [0, 0.1) is 0 Å². The van der Waals surface area contributed by atoms with Crippen molar-refractivity contribution in [3.63, 3.8) is 0 Å². The van der Waals surface area contributed by atoms with E-state index in [9.17, 15) is 9.59 Å². The van der Waals surface area contributed by atoms with Gasteiger partial charge in [0, 0.05) is 6.07 Å². The molecule has 5 rings (SSSR count). The predicted octanol–water partition coefficient (Wildman–Crippen LogP) is 6.72. The number of esters is 1. The second-order valence-corrected chi connectivity index (χ2v) is 7.89. The molecule has 5 nitrogen and oxygen atoms in total. The molecule has 32 heavy (non-hydrogen) atoms. The molecule has 1 aromatic heterocycles. The normalized spacial score (nSPS) is 10.9. The molecule has 0 bridgehead atoms. The van der Waals surface area contributed by atoms with E-state index in [0.29, 0.717) is 16.7 Å². The molecule has 0 aliphatic heterocycles. The van der Waals surface area contributed by atoms with Gasteiger partial charge in [0.15, 0.2) is 0 Å². The van der Waals surface area contributed by atoms with Crippen molar-refractivity contribution < 1.29 is 18.7 Å². The highest BCUT2D eigenvalue weighted by Gasteiger charge is 2.15. The van der Waals surface area contributed by atoms with Gasteiger partial charge in [-0.25, -0.2) is 4.79 Å². The number of rotatable bonds is 4. The van der Waals surface area contributed by atoms with Crippen LogP contribution < -0.4 is 14.9 Å². The SMILES string of the molecule is O=C(Oc1ccc2c(=O)c(Oc3ccccc3Br)coc2c1)c1cccc2ccccc12. The number of carbonyl (C=O) groups is 1. The Hall–Kier alpha value is -3.90. The van der Waals surface area contributed by atoms with Gasteiger partial charge in [0.05, 0.1) is 15.4 Å². The molecule has 4 aromatic carbocycles. The van der Waals surface area contributed by atoms with Crippen molar-refractivity contribution in [2.75, 3.05) is 0 Å². The van der Waals surface area contributed by atoms with Crippen LogP contribution in [0.3, 0.4) is 0 Å². The Kier molecular flexibility index (Phi) is 5.21. The molecule has 0 unspecified atom stereocenters. The molecule has 0 aliphatic carbocycles. The zero-order valence-corrected chi connectivity index (χ0v) is 18.2. The Morgan fingerprint density at radius 1 is 0.812 bits per heavy atom. The van der Waals surface area contributed by atoms with E-state index in [1.807, 2.05) is 48.5 Å². The lowest BCUT2D eigenvalue weighted by atomic mass is 10.0. The predicted molar refractivity (Wildman–Crippen MR) is 126 cm³/mol.